The fourth-order valence-electron chi connectivity index (χ4n) is 8.53. The first kappa shape index (κ1) is 58.0. The molecule has 0 aliphatic carbocycles. The summed E-state index contributed by atoms with van der Waals surface area (Å²) in [7, 11) is 0. The molecular weight excluding hydrogens is 731 g/mol. The number of hydrogen-bond donors (Lipinski definition) is 5. The number of rotatable bonds is 49. The molecular formula is C53H105NO5. The van der Waals surface area contributed by atoms with Gasteiger partial charge in [-0.15, -0.1) is 0 Å². The quantitative estimate of drug-likeness (QED) is 0.0310. The molecule has 4 atom stereocenters. The Bertz CT molecular complexity index is 852. The molecule has 59 heavy (non-hydrogen) atoms. The zero-order chi connectivity index (χ0) is 43.1. The normalized spacial score (nSPS) is 13.9. The number of nitrogens with one attached hydrogen (secondary N) is 1. The Hall–Kier alpha value is -0.950. The van der Waals surface area contributed by atoms with Gasteiger partial charge in [-0.1, -0.05) is 264 Å². The van der Waals surface area contributed by atoms with Crippen LogP contribution in [0.1, 0.15) is 290 Å². The molecule has 0 aromatic rings. The Labute approximate surface area is 368 Å². The molecule has 0 aromatic heterocycles. The molecule has 0 saturated carbocycles. The van der Waals surface area contributed by atoms with Gasteiger partial charge in [0.25, 0.3) is 0 Å². The molecule has 6 heteroatoms. The van der Waals surface area contributed by atoms with E-state index in [1.54, 1.807) is 0 Å². The van der Waals surface area contributed by atoms with E-state index < -0.39 is 36.9 Å². The Morgan fingerprint density at radius 3 is 1.02 bits per heavy atom. The van der Waals surface area contributed by atoms with Crippen LogP contribution in [0.15, 0.2) is 12.2 Å². The van der Waals surface area contributed by atoms with Crippen molar-refractivity contribution >= 4 is 5.91 Å². The van der Waals surface area contributed by atoms with Gasteiger partial charge in [0.15, 0.2) is 0 Å². The fourth-order valence-corrected chi connectivity index (χ4v) is 8.53. The van der Waals surface area contributed by atoms with Crippen molar-refractivity contribution in [1.82, 2.24) is 5.32 Å². The summed E-state index contributed by atoms with van der Waals surface area (Å²) in [5, 5.41) is 43.9. The van der Waals surface area contributed by atoms with Crippen LogP contribution in [0.25, 0.3) is 0 Å². The van der Waals surface area contributed by atoms with Gasteiger partial charge in [-0.25, -0.2) is 0 Å². The summed E-state index contributed by atoms with van der Waals surface area (Å²) in [6, 6.07) is -0.998. The van der Waals surface area contributed by atoms with Crippen LogP contribution in [0.5, 0.6) is 0 Å². The van der Waals surface area contributed by atoms with Crippen molar-refractivity contribution in [2.45, 2.75) is 314 Å². The molecule has 0 radical (unpaired) electrons. The third-order valence-electron chi connectivity index (χ3n) is 12.7. The molecule has 5 N–H and O–H groups in total. The van der Waals surface area contributed by atoms with Crippen molar-refractivity contribution < 1.29 is 25.2 Å². The SMILES string of the molecule is CCCCCCCCCCCCCCCCCCCCCCCC/C=C/CCCC(O)C(O)C(CO)NC(=O)C(O)CCCCCCCCCCCCCCCCCC. The lowest BCUT2D eigenvalue weighted by molar-refractivity contribution is -0.132. The molecule has 4 unspecified atom stereocenters. The van der Waals surface area contributed by atoms with Crippen LogP contribution < -0.4 is 5.32 Å². The van der Waals surface area contributed by atoms with Crippen LogP contribution in [-0.4, -0.2) is 57.3 Å². The number of aliphatic hydroxyl groups excluding tert-OH is 4. The standard InChI is InChI=1S/C53H105NO5/c1-3-5-7-9-11-13-15-17-19-21-22-23-24-25-26-27-28-29-30-31-33-34-36-38-40-42-44-46-50(56)52(58)49(48-55)54-53(59)51(57)47-45-43-41-39-37-35-32-20-18-16-14-12-10-8-6-4-2/h38,40,49-52,55-58H,3-37,39,41-48H2,1-2H3,(H,54,59)/b40-38+. The van der Waals surface area contributed by atoms with Crippen molar-refractivity contribution in [3.05, 3.63) is 12.2 Å². The molecule has 0 saturated heterocycles. The molecule has 0 aliphatic heterocycles. The largest absolute Gasteiger partial charge is 0.394 e. The van der Waals surface area contributed by atoms with Crippen LogP contribution in [-0.2, 0) is 4.79 Å². The maximum Gasteiger partial charge on any atom is 0.249 e. The lowest BCUT2D eigenvalue weighted by atomic mass is 10.00. The van der Waals surface area contributed by atoms with E-state index in [-0.39, 0.29) is 0 Å². The van der Waals surface area contributed by atoms with Gasteiger partial charge in [-0.3, -0.25) is 4.79 Å². The Kier molecular flexibility index (Phi) is 47.3. The van der Waals surface area contributed by atoms with Gasteiger partial charge in [0, 0.05) is 0 Å². The predicted octanol–water partition coefficient (Wildman–Crippen LogP) is 14.9. The van der Waals surface area contributed by atoms with Crippen molar-refractivity contribution in [1.29, 1.82) is 0 Å². The zero-order valence-corrected chi connectivity index (χ0v) is 39.8. The summed E-state index contributed by atoms with van der Waals surface area (Å²) in [6.07, 6.45) is 55.6. The van der Waals surface area contributed by atoms with Crippen molar-refractivity contribution in [2.75, 3.05) is 6.61 Å². The molecule has 0 heterocycles. The summed E-state index contributed by atoms with van der Waals surface area (Å²) >= 11 is 0. The van der Waals surface area contributed by atoms with Crippen LogP contribution in [0.3, 0.4) is 0 Å². The van der Waals surface area contributed by atoms with Gasteiger partial charge >= 0.3 is 0 Å². The highest BCUT2D eigenvalue weighted by Crippen LogP contribution is 2.18. The number of carbonyl (C=O) groups excluding carboxylic acids is 1. The fraction of sp³-hybridized carbons (Fsp3) is 0.943. The monoisotopic (exact) mass is 836 g/mol. The van der Waals surface area contributed by atoms with Gasteiger partial charge < -0.3 is 25.7 Å². The van der Waals surface area contributed by atoms with Gasteiger partial charge in [0.05, 0.1) is 18.8 Å². The highest BCUT2D eigenvalue weighted by Gasteiger charge is 2.28. The number of aliphatic hydroxyl groups is 4. The van der Waals surface area contributed by atoms with Gasteiger partial charge in [0.1, 0.15) is 12.2 Å². The zero-order valence-electron chi connectivity index (χ0n) is 39.8. The van der Waals surface area contributed by atoms with E-state index in [0.717, 1.165) is 38.5 Å². The van der Waals surface area contributed by atoms with E-state index in [1.807, 2.05) is 0 Å². The average molecular weight is 836 g/mol. The second-order valence-corrected chi connectivity index (χ2v) is 18.6. The maximum atomic E-state index is 12.5. The summed E-state index contributed by atoms with van der Waals surface area (Å²) in [5.74, 6) is -0.588. The van der Waals surface area contributed by atoms with Crippen molar-refractivity contribution in [2.24, 2.45) is 0 Å². The highest BCUT2D eigenvalue weighted by atomic mass is 16.3. The molecule has 0 spiro atoms. The first-order chi connectivity index (χ1) is 29.0. The first-order valence-electron chi connectivity index (χ1n) is 26.6. The van der Waals surface area contributed by atoms with Gasteiger partial charge in [-0.2, -0.15) is 0 Å². The number of allylic oxidation sites excluding steroid dienone is 2. The Morgan fingerprint density at radius 2 is 0.695 bits per heavy atom. The molecule has 352 valence electrons. The van der Waals surface area contributed by atoms with E-state index in [1.165, 1.54) is 225 Å². The van der Waals surface area contributed by atoms with E-state index in [9.17, 15) is 25.2 Å². The van der Waals surface area contributed by atoms with E-state index in [0.29, 0.717) is 12.8 Å². The predicted molar refractivity (Wildman–Crippen MR) is 256 cm³/mol. The van der Waals surface area contributed by atoms with Gasteiger partial charge in [0.2, 0.25) is 5.91 Å². The van der Waals surface area contributed by atoms with Crippen LogP contribution >= 0.6 is 0 Å². The molecule has 0 fully saturated rings. The minimum atomic E-state index is -1.28. The molecule has 0 bridgehead atoms. The van der Waals surface area contributed by atoms with Crippen molar-refractivity contribution in [3.8, 4) is 0 Å². The van der Waals surface area contributed by atoms with Crippen LogP contribution in [0.2, 0.25) is 0 Å². The number of unbranched alkanes of at least 4 members (excludes halogenated alkanes) is 38. The van der Waals surface area contributed by atoms with Crippen LogP contribution in [0.4, 0.5) is 0 Å². The highest BCUT2D eigenvalue weighted by molar-refractivity contribution is 5.80. The second kappa shape index (κ2) is 48.1. The maximum absolute atomic E-state index is 12.5. The minimum Gasteiger partial charge on any atom is -0.394 e. The summed E-state index contributed by atoms with van der Waals surface area (Å²) < 4.78 is 0. The number of amides is 1. The Balaban J connectivity index is 3.63. The molecule has 0 aliphatic rings. The van der Waals surface area contributed by atoms with Gasteiger partial charge in [-0.05, 0) is 38.5 Å². The van der Waals surface area contributed by atoms with E-state index in [4.69, 9.17) is 0 Å². The smallest absolute Gasteiger partial charge is 0.249 e. The van der Waals surface area contributed by atoms with E-state index in [2.05, 4.69) is 31.3 Å². The molecule has 1 amide bonds. The molecule has 6 nitrogen and oxygen atoms in total. The lowest BCUT2D eigenvalue weighted by Gasteiger charge is -2.27. The lowest BCUT2D eigenvalue weighted by Crippen LogP contribution is -2.53. The number of carbonyl (C=O) groups is 1. The second-order valence-electron chi connectivity index (χ2n) is 18.6. The average Bonchev–Trinajstić information content (AvgIpc) is 3.24. The van der Waals surface area contributed by atoms with E-state index >= 15 is 0 Å². The van der Waals surface area contributed by atoms with Crippen LogP contribution in [0, 0.1) is 0 Å². The summed E-state index contributed by atoms with van der Waals surface area (Å²) in [5.41, 5.74) is 0. The summed E-state index contributed by atoms with van der Waals surface area (Å²) in [4.78, 5) is 12.5. The summed E-state index contributed by atoms with van der Waals surface area (Å²) in [6.45, 7) is 4.07. The molecule has 0 aromatic carbocycles. The third kappa shape index (κ3) is 42.1. The third-order valence-corrected chi connectivity index (χ3v) is 12.7. The topological polar surface area (TPSA) is 110 Å². The molecule has 0 rings (SSSR count). The van der Waals surface area contributed by atoms with Crippen molar-refractivity contribution in [3.63, 3.8) is 0 Å². The minimum absolute atomic E-state index is 0.368. The first-order valence-corrected chi connectivity index (χ1v) is 26.6. The number of hydrogen-bond acceptors (Lipinski definition) is 5. The Morgan fingerprint density at radius 1 is 0.407 bits per heavy atom.